The molecule has 56 valence electrons. The minimum atomic E-state index is 1.17. The van der Waals surface area contributed by atoms with Crippen molar-refractivity contribution in [2.75, 3.05) is 0 Å². The summed E-state index contributed by atoms with van der Waals surface area (Å²) in [5.74, 6) is 0. The molecular weight excluding hydrogens is 132 g/mol. The number of allylic oxidation sites excluding steroid dienone is 2. The third kappa shape index (κ3) is 1.09. The molecular formula is C11H12. The first-order chi connectivity index (χ1) is 5.40. The Morgan fingerprint density at radius 1 is 1.09 bits per heavy atom. The smallest absolute Gasteiger partial charge is 0.00610 e. The average Bonchev–Trinajstić information content (AvgIpc) is 2.46. The monoisotopic (exact) mass is 144 g/mol. The topological polar surface area (TPSA) is 0 Å². The van der Waals surface area contributed by atoms with E-state index in [4.69, 9.17) is 0 Å². The van der Waals surface area contributed by atoms with Crippen LogP contribution in [0.4, 0.5) is 0 Å². The maximum absolute atomic E-state index is 2.24. The lowest BCUT2D eigenvalue weighted by Gasteiger charge is -1.92. The molecule has 0 heterocycles. The molecule has 0 atom stereocenters. The van der Waals surface area contributed by atoms with Crippen LogP contribution in [0.2, 0.25) is 0 Å². The summed E-state index contributed by atoms with van der Waals surface area (Å²) in [4.78, 5) is 0. The number of fused-ring (bicyclic) bond motifs is 1. The average molecular weight is 144 g/mol. The molecule has 0 unspecified atom stereocenters. The predicted molar refractivity (Wildman–Crippen MR) is 47.6 cm³/mol. The van der Waals surface area contributed by atoms with E-state index in [1.165, 1.54) is 24.0 Å². The molecule has 0 saturated heterocycles. The van der Waals surface area contributed by atoms with E-state index in [1.54, 1.807) is 5.57 Å². The van der Waals surface area contributed by atoms with E-state index in [9.17, 15) is 0 Å². The van der Waals surface area contributed by atoms with Gasteiger partial charge in [-0.3, -0.25) is 0 Å². The van der Waals surface area contributed by atoms with Crippen molar-refractivity contribution in [2.24, 2.45) is 0 Å². The minimum Gasteiger partial charge on any atom is -0.0878 e. The fraction of sp³-hybridized carbons (Fsp3) is 0.273. The quantitative estimate of drug-likeness (QED) is 0.491. The molecule has 2 rings (SSSR count). The van der Waals surface area contributed by atoms with Crippen molar-refractivity contribution < 1.29 is 0 Å². The molecule has 11 heavy (non-hydrogen) atoms. The molecule has 1 aromatic carbocycles. The summed E-state index contributed by atoms with van der Waals surface area (Å²) in [6.45, 7) is 2.13. The lowest BCUT2D eigenvalue weighted by molar-refractivity contribution is 1.16. The summed E-state index contributed by atoms with van der Waals surface area (Å²) in [6.07, 6.45) is 4.58. The van der Waals surface area contributed by atoms with Crippen LogP contribution in [0.25, 0.3) is 0 Å². The molecule has 1 aromatic rings. The van der Waals surface area contributed by atoms with Crippen LogP contribution in [0, 0.1) is 0 Å². The summed E-state index contributed by atoms with van der Waals surface area (Å²) >= 11 is 0. The predicted octanol–water partition coefficient (Wildman–Crippen LogP) is 2.73. The zero-order valence-corrected chi connectivity index (χ0v) is 6.80. The Labute approximate surface area is 67.6 Å². The molecule has 0 spiro atoms. The number of benzene rings is 1. The first-order valence-electron chi connectivity index (χ1n) is 4.11. The highest BCUT2D eigenvalue weighted by molar-refractivity contribution is 5.40. The van der Waals surface area contributed by atoms with Crippen molar-refractivity contribution in [1.29, 1.82) is 0 Å². The van der Waals surface area contributed by atoms with Crippen molar-refractivity contribution in [3.63, 3.8) is 0 Å². The van der Waals surface area contributed by atoms with Crippen LogP contribution in [-0.2, 0) is 12.8 Å². The summed E-state index contributed by atoms with van der Waals surface area (Å²) in [6, 6.07) is 8.70. The second kappa shape index (κ2) is 2.54. The van der Waals surface area contributed by atoms with Gasteiger partial charge in [-0.1, -0.05) is 35.9 Å². The Morgan fingerprint density at radius 3 is 2.09 bits per heavy atom. The van der Waals surface area contributed by atoms with Crippen LogP contribution in [-0.4, -0.2) is 0 Å². The summed E-state index contributed by atoms with van der Waals surface area (Å²) in [7, 11) is 0. The van der Waals surface area contributed by atoms with Gasteiger partial charge in [0.05, 0.1) is 0 Å². The van der Waals surface area contributed by atoms with E-state index in [1.807, 2.05) is 0 Å². The zero-order chi connectivity index (χ0) is 7.68. The van der Waals surface area contributed by atoms with Gasteiger partial charge in [0.15, 0.2) is 0 Å². The van der Waals surface area contributed by atoms with Gasteiger partial charge in [-0.25, -0.2) is 0 Å². The van der Waals surface area contributed by atoms with Crippen molar-refractivity contribution in [3.8, 4) is 0 Å². The summed E-state index contributed by atoms with van der Waals surface area (Å²) < 4.78 is 0. The van der Waals surface area contributed by atoms with Gasteiger partial charge in [0.2, 0.25) is 0 Å². The highest BCUT2D eigenvalue weighted by atomic mass is 14.2. The van der Waals surface area contributed by atoms with Gasteiger partial charge in [-0.2, -0.15) is 0 Å². The molecule has 0 aliphatic heterocycles. The second-order valence-corrected chi connectivity index (χ2v) is 3.07. The summed E-state index contributed by atoms with van der Waals surface area (Å²) in [5, 5.41) is 0. The molecule has 0 heteroatoms. The van der Waals surface area contributed by atoms with Gasteiger partial charge in [-0.05, 0) is 30.9 Å². The molecule has 0 bridgehead atoms. The van der Waals surface area contributed by atoms with Crippen LogP contribution < -0.4 is 0 Å². The van der Waals surface area contributed by atoms with Crippen LogP contribution >= 0.6 is 0 Å². The first-order valence-corrected chi connectivity index (χ1v) is 4.11. The van der Waals surface area contributed by atoms with Gasteiger partial charge < -0.3 is 0 Å². The van der Waals surface area contributed by atoms with Crippen molar-refractivity contribution in [2.45, 2.75) is 19.8 Å². The molecule has 0 amide bonds. The molecule has 0 radical (unpaired) electrons. The van der Waals surface area contributed by atoms with Gasteiger partial charge in [-0.15, -0.1) is 0 Å². The standard InChI is InChI=1S/C11H12/c1-2-9-7-10-5-3-4-6-11(10)8-9/h2-6H,7-8H2,1H3. The highest BCUT2D eigenvalue weighted by Crippen LogP contribution is 2.25. The Kier molecular flexibility index (Phi) is 1.54. The lowest BCUT2D eigenvalue weighted by atomic mass is 10.1. The molecule has 1 aliphatic rings. The van der Waals surface area contributed by atoms with Crippen LogP contribution in [0.1, 0.15) is 18.1 Å². The second-order valence-electron chi connectivity index (χ2n) is 3.07. The third-order valence-corrected chi connectivity index (χ3v) is 2.36. The summed E-state index contributed by atoms with van der Waals surface area (Å²) in [5.41, 5.74) is 4.59. The fourth-order valence-corrected chi connectivity index (χ4v) is 1.66. The normalized spacial score (nSPS) is 14.8. The van der Waals surface area contributed by atoms with Gasteiger partial charge in [0, 0.05) is 0 Å². The van der Waals surface area contributed by atoms with E-state index in [-0.39, 0.29) is 0 Å². The molecule has 0 N–H and O–H groups in total. The number of rotatable bonds is 0. The molecule has 0 nitrogen and oxygen atoms in total. The van der Waals surface area contributed by atoms with Crippen molar-refractivity contribution >= 4 is 0 Å². The van der Waals surface area contributed by atoms with Crippen LogP contribution in [0.3, 0.4) is 0 Å². The van der Waals surface area contributed by atoms with E-state index < -0.39 is 0 Å². The maximum Gasteiger partial charge on any atom is -0.00610 e. The zero-order valence-electron chi connectivity index (χ0n) is 6.80. The van der Waals surface area contributed by atoms with E-state index >= 15 is 0 Å². The highest BCUT2D eigenvalue weighted by Gasteiger charge is 2.12. The van der Waals surface area contributed by atoms with Gasteiger partial charge in [0.1, 0.15) is 0 Å². The lowest BCUT2D eigenvalue weighted by Crippen LogP contribution is -1.77. The van der Waals surface area contributed by atoms with Crippen LogP contribution in [0.15, 0.2) is 35.9 Å². The van der Waals surface area contributed by atoms with Gasteiger partial charge in [0.25, 0.3) is 0 Å². The number of hydrogen-bond donors (Lipinski definition) is 0. The molecule has 0 saturated carbocycles. The van der Waals surface area contributed by atoms with Crippen LogP contribution in [0.5, 0.6) is 0 Å². The van der Waals surface area contributed by atoms with E-state index in [2.05, 4.69) is 37.3 Å². The largest absolute Gasteiger partial charge is 0.0878 e. The van der Waals surface area contributed by atoms with E-state index in [0.29, 0.717) is 0 Å². The Morgan fingerprint density at radius 2 is 1.64 bits per heavy atom. The van der Waals surface area contributed by atoms with Crippen molar-refractivity contribution in [1.82, 2.24) is 0 Å². The molecule has 1 aliphatic carbocycles. The maximum atomic E-state index is 2.24. The molecule has 0 fully saturated rings. The SMILES string of the molecule is CC=C1Cc2ccccc2C1. The Hall–Kier alpha value is -1.04. The minimum absolute atomic E-state index is 1.17. The van der Waals surface area contributed by atoms with Crippen molar-refractivity contribution in [3.05, 3.63) is 47.0 Å². The Balaban J connectivity index is 2.41. The fourth-order valence-electron chi connectivity index (χ4n) is 1.66. The third-order valence-electron chi connectivity index (χ3n) is 2.36. The Bertz CT molecular complexity index is 268. The number of hydrogen-bond acceptors (Lipinski definition) is 0. The van der Waals surface area contributed by atoms with E-state index in [0.717, 1.165) is 0 Å². The first kappa shape index (κ1) is 6.66. The van der Waals surface area contributed by atoms with Gasteiger partial charge >= 0.3 is 0 Å². The molecule has 0 aromatic heterocycles.